The number of imidazole rings is 1. The van der Waals surface area contributed by atoms with Crippen molar-refractivity contribution in [2.75, 3.05) is 37.0 Å². The van der Waals surface area contributed by atoms with Crippen LogP contribution in [0.1, 0.15) is 50.2 Å². The number of nitrogens with zero attached hydrogens (tertiary/aromatic N) is 7. The maximum atomic E-state index is 13.0. The molecule has 0 radical (unpaired) electrons. The van der Waals surface area contributed by atoms with Gasteiger partial charge in [-0.1, -0.05) is 0 Å². The third-order valence-corrected chi connectivity index (χ3v) is 5.63. The van der Waals surface area contributed by atoms with Crippen LogP contribution >= 0.6 is 0 Å². The predicted molar refractivity (Wildman–Crippen MR) is 133 cm³/mol. The van der Waals surface area contributed by atoms with Crippen LogP contribution in [0.5, 0.6) is 5.88 Å². The number of hydrogen-bond donors (Lipinski definition) is 1. The minimum atomic E-state index is -0.560. The van der Waals surface area contributed by atoms with Gasteiger partial charge in [0.15, 0.2) is 0 Å². The van der Waals surface area contributed by atoms with Gasteiger partial charge < -0.3 is 24.6 Å². The first-order valence-corrected chi connectivity index (χ1v) is 11.9. The number of fused-ring (bicyclic) bond motifs is 1. The first-order chi connectivity index (χ1) is 17.0. The number of likely N-dealkylation sites (N-methyl/N-ethyl adjacent to an activating group) is 1. The molecule has 12 nitrogen and oxygen atoms in total. The van der Waals surface area contributed by atoms with Crippen LogP contribution in [0.4, 0.5) is 16.4 Å². The van der Waals surface area contributed by atoms with Gasteiger partial charge in [-0.3, -0.25) is 9.20 Å². The van der Waals surface area contributed by atoms with Crippen molar-refractivity contribution in [1.82, 2.24) is 29.2 Å². The molecule has 0 aromatic carbocycles. The second-order valence-electron chi connectivity index (χ2n) is 9.69. The standard InChI is InChI=1S/C24H32N8O4/c1-7-35-20-18(19(33)28-16-10-25-21-27-15(2)12-32(21)13-16)11-26-22(29-20)31-9-8-17(14-31)30(6)23(34)36-24(3,4)5/h10-13,17H,7-9,14H2,1-6H3,(H,28,33). The number of aromatic nitrogens is 5. The van der Waals surface area contributed by atoms with Crippen molar-refractivity contribution in [2.24, 2.45) is 0 Å². The van der Waals surface area contributed by atoms with Crippen molar-refractivity contribution in [1.29, 1.82) is 0 Å². The Balaban J connectivity index is 1.47. The fourth-order valence-electron chi connectivity index (χ4n) is 3.90. The van der Waals surface area contributed by atoms with Crippen LogP contribution in [0.15, 0.2) is 24.8 Å². The van der Waals surface area contributed by atoms with Gasteiger partial charge in [-0.05, 0) is 41.0 Å². The van der Waals surface area contributed by atoms with E-state index in [1.165, 1.54) is 6.20 Å². The van der Waals surface area contributed by atoms with Gasteiger partial charge in [0, 0.05) is 38.7 Å². The third-order valence-electron chi connectivity index (χ3n) is 5.63. The number of anilines is 2. The molecule has 1 saturated heterocycles. The number of ether oxygens (including phenoxy) is 2. The smallest absolute Gasteiger partial charge is 0.410 e. The topological polar surface area (TPSA) is 127 Å². The van der Waals surface area contributed by atoms with E-state index in [0.29, 0.717) is 37.1 Å². The molecule has 0 spiro atoms. The second kappa shape index (κ2) is 9.96. The Morgan fingerprint density at radius 1 is 1.19 bits per heavy atom. The fourth-order valence-corrected chi connectivity index (χ4v) is 3.90. The molecule has 12 heteroatoms. The van der Waals surface area contributed by atoms with Gasteiger partial charge in [0.25, 0.3) is 5.91 Å². The normalized spacial score (nSPS) is 15.7. The van der Waals surface area contributed by atoms with E-state index in [1.807, 2.05) is 45.7 Å². The van der Waals surface area contributed by atoms with E-state index in [1.54, 1.807) is 28.7 Å². The van der Waals surface area contributed by atoms with Crippen molar-refractivity contribution in [2.45, 2.75) is 52.7 Å². The van der Waals surface area contributed by atoms with E-state index in [0.717, 1.165) is 12.1 Å². The van der Waals surface area contributed by atoms with Gasteiger partial charge in [0.1, 0.15) is 11.2 Å². The SMILES string of the molecule is CCOc1nc(N2CCC(N(C)C(=O)OC(C)(C)C)C2)ncc1C(=O)Nc1cnc2nc(C)cn2c1. The van der Waals surface area contributed by atoms with E-state index < -0.39 is 11.5 Å². The van der Waals surface area contributed by atoms with Crippen molar-refractivity contribution < 1.29 is 19.1 Å². The summed E-state index contributed by atoms with van der Waals surface area (Å²) in [7, 11) is 1.74. The second-order valence-corrected chi connectivity index (χ2v) is 9.69. The number of carbonyl (C=O) groups is 2. The minimum Gasteiger partial charge on any atom is -0.477 e. The molecule has 4 heterocycles. The van der Waals surface area contributed by atoms with Crippen LogP contribution in [-0.4, -0.2) is 79.6 Å². The number of carbonyl (C=O) groups excluding carboxylic acids is 2. The van der Waals surface area contributed by atoms with Gasteiger partial charge in [0.2, 0.25) is 17.6 Å². The van der Waals surface area contributed by atoms with Crippen LogP contribution < -0.4 is 15.0 Å². The Morgan fingerprint density at radius 3 is 2.69 bits per heavy atom. The van der Waals surface area contributed by atoms with Gasteiger partial charge >= 0.3 is 6.09 Å². The molecule has 0 bridgehead atoms. The first-order valence-electron chi connectivity index (χ1n) is 11.9. The van der Waals surface area contributed by atoms with Crippen LogP contribution in [0.2, 0.25) is 0 Å². The Morgan fingerprint density at radius 2 is 1.97 bits per heavy atom. The molecule has 1 aliphatic rings. The molecular formula is C24H32N8O4. The molecule has 1 fully saturated rings. The van der Waals surface area contributed by atoms with Gasteiger partial charge in [0.05, 0.1) is 30.2 Å². The van der Waals surface area contributed by atoms with Crippen LogP contribution in [0.25, 0.3) is 5.78 Å². The minimum absolute atomic E-state index is 0.0452. The highest BCUT2D eigenvalue weighted by Gasteiger charge is 2.32. The summed E-state index contributed by atoms with van der Waals surface area (Å²) in [6.45, 7) is 10.8. The Labute approximate surface area is 209 Å². The average Bonchev–Trinajstić information content (AvgIpc) is 3.43. The molecule has 192 valence electrons. The Bertz CT molecular complexity index is 1270. The molecule has 36 heavy (non-hydrogen) atoms. The van der Waals surface area contributed by atoms with Crippen molar-refractivity contribution in [3.63, 3.8) is 0 Å². The van der Waals surface area contributed by atoms with Crippen molar-refractivity contribution >= 4 is 29.4 Å². The summed E-state index contributed by atoms with van der Waals surface area (Å²) in [5, 5.41) is 2.82. The summed E-state index contributed by atoms with van der Waals surface area (Å²) in [5.41, 5.74) is 0.984. The summed E-state index contributed by atoms with van der Waals surface area (Å²) >= 11 is 0. The lowest BCUT2D eigenvalue weighted by molar-refractivity contribution is 0.0237. The third kappa shape index (κ3) is 5.64. The van der Waals surface area contributed by atoms with Crippen molar-refractivity contribution in [3.05, 3.63) is 36.0 Å². The Kier molecular flexibility index (Phi) is 6.95. The number of rotatable bonds is 6. The molecular weight excluding hydrogens is 464 g/mol. The Hall–Kier alpha value is -3.96. The number of aryl methyl sites for hydroxylation is 1. The van der Waals surface area contributed by atoms with Crippen LogP contribution in [0.3, 0.4) is 0 Å². The maximum Gasteiger partial charge on any atom is 0.410 e. The molecule has 1 aliphatic heterocycles. The van der Waals surface area contributed by atoms with E-state index in [2.05, 4.69) is 25.3 Å². The molecule has 3 aromatic heterocycles. The van der Waals surface area contributed by atoms with E-state index in [9.17, 15) is 9.59 Å². The zero-order chi connectivity index (χ0) is 26.0. The summed E-state index contributed by atoms with van der Waals surface area (Å²) in [6.07, 6.45) is 6.94. The average molecular weight is 497 g/mol. The fraction of sp³-hybridized carbons (Fsp3) is 0.500. The summed E-state index contributed by atoms with van der Waals surface area (Å²) in [6, 6.07) is -0.0452. The molecule has 0 saturated carbocycles. The lowest BCUT2D eigenvalue weighted by Crippen LogP contribution is -2.42. The zero-order valence-electron chi connectivity index (χ0n) is 21.5. The quantitative estimate of drug-likeness (QED) is 0.548. The van der Waals surface area contributed by atoms with Crippen LogP contribution in [0, 0.1) is 6.92 Å². The highest BCUT2D eigenvalue weighted by Crippen LogP contribution is 2.25. The highest BCUT2D eigenvalue weighted by atomic mass is 16.6. The van der Waals surface area contributed by atoms with E-state index in [4.69, 9.17) is 9.47 Å². The monoisotopic (exact) mass is 496 g/mol. The summed E-state index contributed by atoms with van der Waals surface area (Å²) in [4.78, 5) is 46.5. The summed E-state index contributed by atoms with van der Waals surface area (Å²) in [5.74, 6) is 0.768. The number of amides is 2. The largest absolute Gasteiger partial charge is 0.477 e. The predicted octanol–water partition coefficient (Wildman–Crippen LogP) is 2.92. The van der Waals surface area contributed by atoms with E-state index in [-0.39, 0.29) is 23.6 Å². The molecule has 1 atom stereocenters. The molecule has 1 unspecified atom stereocenters. The maximum absolute atomic E-state index is 13.0. The van der Waals surface area contributed by atoms with Gasteiger partial charge in [-0.25, -0.2) is 19.7 Å². The molecule has 0 aliphatic carbocycles. The van der Waals surface area contributed by atoms with Crippen molar-refractivity contribution in [3.8, 4) is 5.88 Å². The highest BCUT2D eigenvalue weighted by molar-refractivity contribution is 6.05. The molecule has 3 aromatic rings. The van der Waals surface area contributed by atoms with Crippen LogP contribution in [-0.2, 0) is 4.74 Å². The number of hydrogen-bond acceptors (Lipinski definition) is 9. The summed E-state index contributed by atoms with van der Waals surface area (Å²) < 4.78 is 12.9. The molecule has 4 rings (SSSR count). The molecule has 2 amide bonds. The van der Waals surface area contributed by atoms with Gasteiger partial charge in [-0.2, -0.15) is 4.98 Å². The van der Waals surface area contributed by atoms with Gasteiger partial charge in [-0.15, -0.1) is 0 Å². The lowest BCUT2D eigenvalue weighted by atomic mass is 10.2. The molecule has 1 N–H and O–H groups in total. The number of nitrogens with one attached hydrogen (secondary N) is 1. The first kappa shape index (κ1) is 25.1. The lowest BCUT2D eigenvalue weighted by Gasteiger charge is -2.28. The zero-order valence-corrected chi connectivity index (χ0v) is 21.5. The van der Waals surface area contributed by atoms with E-state index >= 15 is 0 Å².